The summed E-state index contributed by atoms with van der Waals surface area (Å²) in [6.45, 7) is 0. The molecule has 0 amide bonds. The maximum atomic E-state index is 11.9. The minimum atomic E-state index is -1.26. The molecule has 1 N–H and O–H groups in total. The van der Waals surface area contributed by atoms with Gasteiger partial charge in [-0.15, -0.1) is 0 Å². The van der Waals surface area contributed by atoms with Crippen molar-refractivity contribution in [2.24, 2.45) is 0 Å². The number of carbonyl (C=O) groups is 1. The molecule has 0 saturated carbocycles. The summed E-state index contributed by atoms with van der Waals surface area (Å²) in [7, 11) is -1.26. The number of carboxylic acid groups (broad SMARTS) is 1. The number of carboxylic acids is 1. The van der Waals surface area contributed by atoms with Crippen molar-refractivity contribution < 1.29 is 18.6 Å². The lowest BCUT2D eigenvalue weighted by molar-refractivity contribution is 0.0685. The molecule has 0 aliphatic heterocycles. The zero-order valence-electron chi connectivity index (χ0n) is 8.70. The summed E-state index contributed by atoms with van der Waals surface area (Å²) in [6, 6.07) is 10.2. The molecule has 2 aromatic rings. The molecule has 5 nitrogen and oxygen atoms in total. The third-order valence-electron chi connectivity index (χ3n) is 2.06. The summed E-state index contributed by atoms with van der Waals surface area (Å²) in [5, 5.41) is 12.0. The van der Waals surface area contributed by atoms with Gasteiger partial charge in [0.1, 0.15) is 5.76 Å². The summed E-state index contributed by atoms with van der Waals surface area (Å²) < 4.78 is 16.7. The molecular weight excluding hydrogens is 242 g/mol. The Balaban J connectivity index is 2.11. The van der Waals surface area contributed by atoms with Gasteiger partial charge in [-0.05, 0) is 12.1 Å². The van der Waals surface area contributed by atoms with Gasteiger partial charge in [0.25, 0.3) is 0 Å². The Hall–Kier alpha value is -1.95. The fraction of sp³-hybridized carbons (Fsp3) is 0.0909. The first-order valence-corrected chi connectivity index (χ1v) is 6.11. The van der Waals surface area contributed by atoms with Crippen LogP contribution in [0.2, 0.25) is 0 Å². The van der Waals surface area contributed by atoms with Crippen LogP contribution in [0.25, 0.3) is 0 Å². The van der Waals surface area contributed by atoms with Gasteiger partial charge in [0, 0.05) is 11.0 Å². The number of hydrogen-bond acceptors (Lipinski definition) is 4. The Kier molecular flexibility index (Phi) is 3.34. The van der Waals surface area contributed by atoms with Crippen molar-refractivity contribution >= 4 is 16.8 Å². The number of hydrogen-bond donors (Lipinski definition) is 1. The maximum Gasteiger partial charge on any atom is 0.358 e. The van der Waals surface area contributed by atoms with Crippen LogP contribution in [0, 0.1) is 0 Å². The van der Waals surface area contributed by atoms with Crippen molar-refractivity contribution in [2.75, 3.05) is 0 Å². The highest BCUT2D eigenvalue weighted by molar-refractivity contribution is 7.84. The minimum Gasteiger partial charge on any atom is -0.476 e. The van der Waals surface area contributed by atoms with E-state index in [0.717, 1.165) is 0 Å². The van der Waals surface area contributed by atoms with Crippen molar-refractivity contribution in [3.8, 4) is 0 Å². The number of rotatable bonds is 4. The zero-order chi connectivity index (χ0) is 12.3. The highest BCUT2D eigenvalue weighted by Gasteiger charge is 2.13. The zero-order valence-corrected chi connectivity index (χ0v) is 9.52. The van der Waals surface area contributed by atoms with E-state index in [0.29, 0.717) is 10.7 Å². The van der Waals surface area contributed by atoms with E-state index in [4.69, 9.17) is 9.63 Å². The van der Waals surface area contributed by atoms with Gasteiger partial charge in [-0.1, -0.05) is 23.4 Å². The number of benzene rings is 1. The van der Waals surface area contributed by atoms with Crippen LogP contribution in [-0.4, -0.2) is 20.4 Å². The largest absolute Gasteiger partial charge is 0.476 e. The van der Waals surface area contributed by atoms with E-state index in [-0.39, 0.29) is 11.4 Å². The van der Waals surface area contributed by atoms with Gasteiger partial charge in [-0.2, -0.15) is 0 Å². The lowest BCUT2D eigenvalue weighted by Gasteiger charge is -1.97. The van der Waals surface area contributed by atoms with Gasteiger partial charge in [0.15, 0.2) is 5.69 Å². The molecule has 17 heavy (non-hydrogen) atoms. The lowest BCUT2D eigenvalue weighted by atomic mass is 10.4. The Morgan fingerprint density at radius 1 is 1.35 bits per heavy atom. The summed E-state index contributed by atoms with van der Waals surface area (Å²) >= 11 is 0. The van der Waals surface area contributed by atoms with E-state index in [9.17, 15) is 9.00 Å². The molecule has 1 aromatic carbocycles. The van der Waals surface area contributed by atoms with Crippen molar-refractivity contribution in [1.82, 2.24) is 5.16 Å². The minimum absolute atomic E-state index is 0.115. The topological polar surface area (TPSA) is 80.4 Å². The van der Waals surface area contributed by atoms with Crippen molar-refractivity contribution in [2.45, 2.75) is 10.6 Å². The van der Waals surface area contributed by atoms with Gasteiger partial charge >= 0.3 is 5.97 Å². The van der Waals surface area contributed by atoms with E-state index >= 15 is 0 Å². The first-order chi connectivity index (χ1) is 8.16. The van der Waals surface area contributed by atoms with Crippen LogP contribution in [0.3, 0.4) is 0 Å². The summed E-state index contributed by atoms with van der Waals surface area (Å²) in [5.74, 6) is -0.750. The van der Waals surface area contributed by atoms with Gasteiger partial charge in [-0.3, -0.25) is 4.21 Å². The van der Waals surface area contributed by atoms with Crippen LogP contribution in [0.15, 0.2) is 45.8 Å². The lowest BCUT2D eigenvalue weighted by Crippen LogP contribution is -1.96. The molecule has 1 heterocycles. The maximum absolute atomic E-state index is 11.9. The molecule has 0 radical (unpaired) electrons. The second-order valence-corrected chi connectivity index (χ2v) is 4.74. The van der Waals surface area contributed by atoms with Gasteiger partial charge in [0.05, 0.1) is 16.6 Å². The summed E-state index contributed by atoms with van der Waals surface area (Å²) in [5.41, 5.74) is -0.176. The van der Waals surface area contributed by atoms with Crippen LogP contribution < -0.4 is 0 Å². The number of aromatic nitrogens is 1. The van der Waals surface area contributed by atoms with Crippen LogP contribution in [0.4, 0.5) is 0 Å². The average molecular weight is 251 g/mol. The molecule has 1 aromatic heterocycles. The molecule has 1 unspecified atom stereocenters. The molecule has 1 atom stereocenters. The third-order valence-corrected chi connectivity index (χ3v) is 3.40. The van der Waals surface area contributed by atoms with E-state index in [2.05, 4.69) is 5.16 Å². The fourth-order valence-electron chi connectivity index (χ4n) is 1.27. The highest BCUT2D eigenvalue weighted by atomic mass is 32.2. The molecular formula is C11H9NO4S. The molecule has 0 spiro atoms. The normalized spacial score (nSPS) is 12.2. The average Bonchev–Trinajstić information content (AvgIpc) is 2.79. The quantitative estimate of drug-likeness (QED) is 0.894. The predicted octanol–water partition coefficient (Wildman–Crippen LogP) is 1.68. The standard InChI is InChI=1S/C11H9NO4S/c13-11(14)10-6-8(16-12-10)7-17(15)9-4-2-1-3-5-9/h1-6H,7H2,(H,13,14). The van der Waals surface area contributed by atoms with E-state index in [1.165, 1.54) is 6.07 Å². The van der Waals surface area contributed by atoms with Crippen LogP contribution in [-0.2, 0) is 16.6 Å². The van der Waals surface area contributed by atoms with E-state index in [1.807, 2.05) is 6.07 Å². The van der Waals surface area contributed by atoms with Crippen molar-refractivity contribution in [3.63, 3.8) is 0 Å². The number of aromatic carboxylic acids is 1. The highest BCUT2D eigenvalue weighted by Crippen LogP contribution is 2.12. The first-order valence-electron chi connectivity index (χ1n) is 4.79. The van der Waals surface area contributed by atoms with Gasteiger partial charge < -0.3 is 9.63 Å². The summed E-state index contributed by atoms with van der Waals surface area (Å²) in [6.07, 6.45) is 0. The van der Waals surface area contributed by atoms with Crippen LogP contribution in [0.1, 0.15) is 16.2 Å². The van der Waals surface area contributed by atoms with Gasteiger partial charge in [-0.25, -0.2) is 4.79 Å². The Bertz CT molecular complexity index is 550. The smallest absolute Gasteiger partial charge is 0.358 e. The Morgan fingerprint density at radius 3 is 2.65 bits per heavy atom. The second kappa shape index (κ2) is 4.92. The monoisotopic (exact) mass is 251 g/mol. The fourth-order valence-corrected chi connectivity index (χ4v) is 2.29. The molecule has 0 fully saturated rings. The van der Waals surface area contributed by atoms with Gasteiger partial charge in [0.2, 0.25) is 0 Å². The molecule has 0 aliphatic rings. The third kappa shape index (κ3) is 2.79. The van der Waals surface area contributed by atoms with E-state index < -0.39 is 16.8 Å². The van der Waals surface area contributed by atoms with Crippen molar-refractivity contribution in [3.05, 3.63) is 47.9 Å². The van der Waals surface area contributed by atoms with E-state index in [1.54, 1.807) is 24.3 Å². The molecule has 88 valence electrons. The molecule has 0 saturated heterocycles. The van der Waals surface area contributed by atoms with Crippen molar-refractivity contribution in [1.29, 1.82) is 0 Å². The molecule has 0 bridgehead atoms. The summed E-state index contributed by atoms with van der Waals surface area (Å²) in [4.78, 5) is 11.2. The number of nitrogens with zero attached hydrogens (tertiary/aromatic N) is 1. The molecule has 2 rings (SSSR count). The molecule has 0 aliphatic carbocycles. The van der Waals surface area contributed by atoms with Crippen LogP contribution in [0.5, 0.6) is 0 Å². The SMILES string of the molecule is O=C(O)c1cc(CS(=O)c2ccccc2)on1. The predicted molar refractivity (Wildman–Crippen MR) is 60.0 cm³/mol. The molecule has 6 heteroatoms. The Morgan fingerprint density at radius 2 is 2.06 bits per heavy atom. The first kappa shape index (κ1) is 11.5. The second-order valence-electron chi connectivity index (χ2n) is 3.29. The Labute approximate surface area is 99.5 Å². The van der Waals surface area contributed by atoms with Crippen LogP contribution >= 0.6 is 0 Å².